The van der Waals surface area contributed by atoms with E-state index in [4.69, 9.17) is 4.99 Å². The van der Waals surface area contributed by atoms with Gasteiger partial charge < -0.3 is 0 Å². The molecule has 152 valence electrons. The lowest BCUT2D eigenvalue weighted by molar-refractivity contribution is 1.46. The van der Waals surface area contributed by atoms with Crippen LogP contribution in [0.3, 0.4) is 0 Å². The third-order valence-corrected chi connectivity index (χ3v) is 7.21. The van der Waals surface area contributed by atoms with Crippen molar-refractivity contribution in [2.24, 2.45) is 4.99 Å². The molecule has 0 heterocycles. The summed E-state index contributed by atoms with van der Waals surface area (Å²) in [7, 11) is 0. The average molecular weight is 456 g/mol. The van der Waals surface area contributed by atoms with E-state index in [0.29, 0.717) is 0 Å². The molecule has 0 saturated heterocycles. The zero-order valence-corrected chi connectivity index (χ0v) is 19.2. The van der Waals surface area contributed by atoms with E-state index in [1.807, 2.05) is 48.5 Å². The highest BCUT2D eigenvalue weighted by molar-refractivity contribution is 8.22. The first-order valence-corrected chi connectivity index (χ1v) is 12.3. The number of para-hydroxylation sites is 1. The van der Waals surface area contributed by atoms with E-state index in [1.165, 1.54) is 18.9 Å². The van der Waals surface area contributed by atoms with Crippen LogP contribution in [0.2, 0.25) is 0 Å². The Labute approximate surface area is 196 Å². The van der Waals surface area contributed by atoms with Crippen molar-refractivity contribution in [3.8, 4) is 0 Å². The summed E-state index contributed by atoms with van der Waals surface area (Å²) in [4.78, 5) is 8.54. The lowest BCUT2D eigenvalue weighted by Gasteiger charge is -2.09. The van der Waals surface area contributed by atoms with Gasteiger partial charge in [0.2, 0.25) is 0 Å². The first-order chi connectivity index (χ1) is 15.3. The Morgan fingerprint density at radius 1 is 0.484 bits per heavy atom. The summed E-state index contributed by atoms with van der Waals surface area (Å²) >= 11 is 5.21. The van der Waals surface area contributed by atoms with Crippen LogP contribution in [-0.2, 0) is 0 Å². The first-order valence-electron chi connectivity index (χ1n) is 9.89. The van der Waals surface area contributed by atoms with Crippen LogP contribution in [0.15, 0.2) is 151 Å². The van der Waals surface area contributed by atoms with E-state index in [1.54, 1.807) is 35.3 Å². The predicted molar refractivity (Wildman–Crippen MR) is 139 cm³/mol. The zero-order valence-electron chi connectivity index (χ0n) is 16.8. The smallest absolute Gasteiger partial charge is 0.103 e. The van der Waals surface area contributed by atoms with Crippen molar-refractivity contribution in [2.45, 2.75) is 14.7 Å². The number of benzene rings is 4. The normalized spacial score (nSPS) is 11.2. The fourth-order valence-electron chi connectivity index (χ4n) is 2.71. The molecule has 0 amide bonds. The number of nitrogens with zero attached hydrogens (tertiary/aromatic N) is 1. The Bertz CT molecular complexity index is 1080. The molecule has 0 atom stereocenters. The predicted octanol–water partition coefficient (Wildman–Crippen LogP) is 8.93. The topological polar surface area (TPSA) is 12.4 Å². The summed E-state index contributed by atoms with van der Waals surface area (Å²) in [6, 6.07) is 41.5. The molecule has 0 saturated carbocycles. The van der Waals surface area contributed by atoms with Crippen LogP contribution in [0.4, 0.5) is 5.69 Å². The van der Waals surface area contributed by atoms with E-state index in [2.05, 4.69) is 78.9 Å². The fourth-order valence-corrected chi connectivity index (χ4v) is 5.86. The summed E-state index contributed by atoms with van der Waals surface area (Å²) in [5.74, 6) is 0. The largest absolute Gasteiger partial charge is 0.242 e. The van der Waals surface area contributed by atoms with Gasteiger partial charge >= 0.3 is 0 Å². The van der Waals surface area contributed by atoms with Crippen molar-refractivity contribution in [2.75, 3.05) is 0 Å². The molecule has 4 rings (SSSR count). The van der Waals surface area contributed by atoms with Gasteiger partial charge in [-0.3, -0.25) is 0 Å². The van der Waals surface area contributed by atoms with E-state index in [0.717, 1.165) is 10.7 Å². The third kappa shape index (κ3) is 7.21. The summed E-state index contributed by atoms with van der Waals surface area (Å²) in [5.41, 5.74) is 0.950. The van der Waals surface area contributed by atoms with Crippen LogP contribution in [0.25, 0.3) is 0 Å². The van der Waals surface area contributed by atoms with Crippen molar-refractivity contribution in [3.63, 3.8) is 0 Å². The van der Waals surface area contributed by atoms with Crippen LogP contribution >= 0.6 is 35.3 Å². The highest BCUT2D eigenvalue weighted by Crippen LogP contribution is 2.40. The van der Waals surface area contributed by atoms with Gasteiger partial charge in [-0.25, -0.2) is 4.99 Å². The average Bonchev–Trinajstić information content (AvgIpc) is 2.82. The van der Waals surface area contributed by atoms with Crippen LogP contribution in [0.1, 0.15) is 0 Å². The van der Waals surface area contributed by atoms with Gasteiger partial charge in [-0.2, -0.15) is 0 Å². The molecule has 4 aromatic rings. The molecule has 31 heavy (non-hydrogen) atoms. The van der Waals surface area contributed by atoms with Crippen LogP contribution in [0, 0.1) is 0 Å². The number of aliphatic imine (C=N–C) groups is 1. The van der Waals surface area contributed by atoms with Gasteiger partial charge in [-0.1, -0.05) is 108 Å². The van der Waals surface area contributed by atoms with Crippen molar-refractivity contribution in [1.82, 2.24) is 0 Å². The van der Waals surface area contributed by atoms with Gasteiger partial charge in [0, 0.05) is 14.7 Å². The fraction of sp³-hybridized carbons (Fsp3) is 0. The van der Waals surface area contributed by atoms with Gasteiger partial charge in [0.25, 0.3) is 0 Å². The maximum atomic E-state index is 4.95. The minimum atomic E-state index is 0.950. The molecule has 4 aromatic carbocycles. The molecular weight excluding hydrogens is 435 g/mol. The molecule has 0 unspecified atom stereocenters. The summed E-state index contributed by atoms with van der Waals surface area (Å²) in [6.07, 6.45) is 2.19. The minimum absolute atomic E-state index is 0.950. The van der Waals surface area contributed by atoms with Gasteiger partial charge in [-0.15, -0.1) is 0 Å². The Balaban J connectivity index is 1.70. The summed E-state index contributed by atoms with van der Waals surface area (Å²) < 4.78 is 1.18. The van der Waals surface area contributed by atoms with Crippen molar-refractivity contribution in [3.05, 3.63) is 132 Å². The minimum Gasteiger partial charge on any atom is -0.242 e. The number of rotatable bonds is 7. The molecule has 0 aliphatic rings. The Morgan fingerprint density at radius 2 is 0.871 bits per heavy atom. The van der Waals surface area contributed by atoms with E-state index in [-0.39, 0.29) is 0 Å². The Hall–Kier alpha value is -2.66. The van der Waals surface area contributed by atoms with Crippen LogP contribution in [0.5, 0.6) is 0 Å². The molecule has 0 bridgehead atoms. The molecule has 0 spiro atoms. The molecule has 0 aromatic heterocycles. The number of thioether (sulfide) groups is 3. The van der Waals surface area contributed by atoms with E-state index >= 15 is 0 Å². The monoisotopic (exact) mass is 455 g/mol. The van der Waals surface area contributed by atoms with Crippen molar-refractivity contribution >= 4 is 46.0 Å². The molecule has 0 N–H and O–H groups in total. The summed E-state index contributed by atoms with van der Waals surface area (Å²) in [5, 5.41) is 0.958. The lowest BCUT2D eigenvalue weighted by Crippen LogP contribution is -1.89. The molecule has 1 nitrogen and oxygen atoms in total. The van der Waals surface area contributed by atoms with Gasteiger partial charge in [0.05, 0.1) is 9.92 Å². The standard InChI is InChI=1S/C27H21NS3/c1-5-13-22(14-6-1)28-26(29-23-15-7-2-8-16-23)21-27(30-24-17-9-3-10-18-24)31-25-19-11-4-12-20-25/h1-21H/b28-26-. The van der Waals surface area contributed by atoms with Crippen LogP contribution < -0.4 is 0 Å². The third-order valence-electron chi connectivity index (χ3n) is 4.13. The second-order valence-corrected chi connectivity index (χ2v) is 10.1. The molecule has 0 radical (unpaired) electrons. The first kappa shape index (κ1) is 21.6. The molecule has 0 aliphatic carbocycles. The highest BCUT2D eigenvalue weighted by Gasteiger charge is 2.08. The quantitative estimate of drug-likeness (QED) is 0.157. The maximum absolute atomic E-state index is 4.95. The van der Waals surface area contributed by atoms with E-state index in [9.17, 15) is 0 Å². The Morgan fingerprint density at radius 3 is 1.32 bits per heavy atom. The Kier molecular flexibility index (Phi) is 8.11. The molecule has 0 fully saturated rings. The molecular formula is C27H21NS3. The second kappa shape index (κ2) is 11.7. The molecule has 0 aliphatic heterocycles. The van der Waals surface area contributed by atoms with Crippen molar-refractivity contribution in [1.29, 1.82) is 0 Å². The van der Waals surface area contributed by atoms with Crippen LogP contribution in [-0.4, -0.2) is 5.04 Å². The number of hydrogen-bond donors (Lipinski definition) is 0. The second-order valence-electron chi connectivity index (χ2n) is 6.49. The van der Waals surface area contributed by atoms with Gasteiger partial charge in [0.15, 0.2) is 0 Å². The van der Waals surface area contributed by atoms with Gasteiger partial charge in [-0.05, 0) is 54.6 Å². The highest BCUT2D eigenvalue weighted by atomic mass is 32.2. The zero-order chi connectivity index (χ0) is 21.1. The molecule has 4 heteroatoms. The lowest BCUT2D eigenvalue weighted by atomic mass is 10.3. The summed E-state index contributed by atoms with van der Waals surface area (Å²) in [6.45, 7) is 0. The maximum Gasteiger partial charge on any atom is 0.103 e. The SMILES string of the molecule is C(=C(Sc1ccccc1)Sc1ccccc1)/C(=N/c1ccccc1)Sc1ccccc1. The van der Waals surface area contributed by atoms with Crippen molar-refractivity contribution < 1.29 is 0 Å². The van der Waals surface area contributed by atoms with Gasteiger partial charge in [0.1, 0.15) is 5.04 Å². The van der Waals surface area contributed by atoms with E-state index < -0.39 is 0 Å². The number of hydrogen-bond acceptors (Lipinski definition) is 4.